The van der Waals surface area contributed by atoms with Crippen molar-refractivity contribution in [2.45, 2.75) is 25.2 Å². The highest BCUT2D eigenvalue weighted by atomic mass is 79.9. The van der Waals surface area contributed by atoms with E-state index in [0.717, 1.165) is 45.0 Å². The molecule has 1 aromatic carbocycles. The molecule has 0 saturated heterocycles. The number of benzene rings is 1. The normalized spacial score (nSPS) is 36.0. The molecule has 3 fully saturated rings. The van der Waals surface area contributed by atoms with Gasteiger partial charge in [0.15, 0.2) is 0 Å². The number of nitrogens with two attached hydrogens (primary N) is 1. The van der Waals surface area contributed by atoms with Gasteiger partial charge in [-0.05, 0) is 60.6 Å². The number of hydrogen-bond acceptors (Lipinski definition) is 3. The topological polar surface area (TPSA) is 52.0 Å². The number of halogens is 1. The van der Waals surface area contributed by atoms with Gasteiger partial charge < -0.3 is 10.3 Å². The average Bonchev–Trinajstić information content (AvgIpc) is 2.81. The fourth-order valence-corrected chi connectivity index (χ4v) is 5.40. The van der Waals surface area contributed by atoms with E-state index >= 15 is 0 Å². The van der Waals surface area contributed by atoms with Gasteiger partial charge in [-0.15, -0.1) is 0 Å². The summed E-state index contributed by atoms with van der Waals surface area (Å²) in [6, 6.07) is 8.26. The van der Waals surface area contributed by atoms with Crippen LogP contribution in [0.4, 0.5) is 5.88 Å². The molecule has 0 aliphatic heterocycles. The van der Waals surface area contributed by atoms with Crippen LogP contribution in [0.25, 0.3) is 11.1 Å². The van der Waals surface area contributed by atoms with Gasteiger partial charge in [-0.3, -0.25) is 0 Å². The molecule has 108 valence electrons. The Morgan fingerprint density at radius 3 is 2.43 bits per heavy atom. The summed E-state index contributed by atoms with van der Waals surface area (Å²) in [5.41, 5.74) is 9.33. The summed E-state index contributed by atoms with van der Waals surface area (Å²) < 4.78 is 6.43. The van der Waals surface area contributed by atoms with Crippen molar-refractivity contribution in [3.05, 3.63) is 34.4 Å². The minimum absolute atomic E-state index is 0.463. The minimum Gasteiger partial charge on any atom is -0.367 e. The number of fused-ring (bicyclic) bond motifs is 5. The summed E-state index contributed by atoms with van der Waals surface area (Å²) in [7, 11) is 0. The van der Waals surface area contributed by atoms with Crippen molar-refractivity contribution in [2.75, 3.05) is 5.73 Å². The molecule has 3 aliphatic rings. The summed E-state index contributed by atoms with van der Waals surface area (Å²) >= 11 is 3.48. The molecular formula is C17H17BrN2O. The van der Waals surface area contributed by atoms with Crippen molar-refractivity contribution in [3.8, 4) is 11.1 Å². The molecule has 2 bridgehead atoms. The quantitative estimate of drug-likeness (QED) is 0.875. The van der Waals surface area contributed by atoms with Gasteiger partial charge in [0.05, 0.1) is 11.3 Å². The van der Waals surface area contributed by atoms with Gasteiger partial charge in [0, 0.05) is 10.4 Å². The van der Waals surface area contributed by atoms with Crippen LogP contribution in [0, 0.1) is 23.7 Å². The second kappa shape index (κ2) is 4.13. The molecule has 4 heteroatoms. The van der Waals surface area contributed by atoms with Crippen molar-refractivity contribution in [1.29, 1.82) is 0 Å². The van der Waals surface area contributed by atoms with E-state index in [1.807, 2.05) is 12.1 Å². The Kier molecular flexibility index (Phi) is 2.41. The van der Waals surface area contributed by atoms with E-state index in [2.05, 4.69) is 33.2 Å². The van der Waals surface area contributed by atoms with Crippen LogP contribution < -0.4 is 5.73 Å². The first-order valence-corrected chi connectivity index (χ1v) is 8.54. The molecule has 3 saturated carbocycles. The molecule has 21 heavy (non-hydrogen) atoms. The molecule has 0 amide bonds. The predicted molar refractivity (Wildman–Crippen MR) is 84.6 cm³/mol. The van der Waals surface area contributed by atoms with Crippen molar-refractivity contribution in [3.63, 3.8) is 0 Å². The molecule has 1 heterocycles. The summed E-state index contributed by atoms with van der Waals surface area (Å²) in [4.78, 5) is 0. The van der Waals surface area contributed by atoms with Crippen LogP contribution in [0.3, 0.4) is 0 Å². The van der Waals surface area contributed by atoms with E-state index < -0.39 is 0 Å². The molecule has 1 aromatic heterocycles. The SMILES string of the molecule is Nc1onc(C2C3C4CCC(C4)C23)c1-c1ccc(Br)cc1. The number of nitrogen functional groups attached to an aromatic ring is 1. The maximum atomic E-state index is 6.07. The monoisotopic (exact) mass is 344 g/mol. The van der Waals surface area contributed by atoms with Gasteiger partial charge in [-0.25, -0.2) is 0 Å². The second-order valence-corrected chi connectivity index (χ2v) is 7.74. The lowest BCUT2D eigenvalue weighted by molar-refractivity contribution is 0.417. The fourth-order valence-electron chi connectivity index (χ4n) is 5.14. The van der Waals surface area contributed by atoms with Crippen molar-refractivity contribution in [1.82, 2.24) is 5.16 Å². The largest absolute Gasteiger partial charge is 0.367 e. The lowest BCUT2D eigenvalue weighted by Gasteiger charge is -2.08. The number of anilines is 1. The summed E-state index contributed by atoms with van der Waals surface area (Å²) in [6.45, 7) is 0. The molecule has 3 aliphatic carbocycles. The third kappa shape index (κ3) is 1.62. The molecule has 0 spiro atoms. The Bertz CT molecular complexity index is 692. The van der Waals surface area contributed by atoms with Gasteiger partial charge in [0.25, 0.3) is 0 Å². The standard InChI is InChI=1S/C17H17BrN2O/c18-11-5-3-8(4-6-11)14-16(20-21-17(14)19)15-12-9-1-2-10(7-9)13(12)15/h3-6,9-10,12-13,15H,1-2,7,19H2. The zero-order valence-electron chi connectivity index (χ0n) is 11.6. The van der Waals surface area contributed by atoms with Crippen molar-refractivity contribution >= 4 is 21.8 Å². The van der Waals surface area contributed by atoms with E-state index in [-0.39, 0.29) is 0 Å². The first kappa shape index (κ1) is 12.3. The Hall–Kier alpha value is -1.29. The molecule has 4 unspecified atom stereocenters. The molecule has 2 aromatic rings. The smallest absolute Gasteiger partial charge is 0.230 e. The van der Waals surface area contributed by atoms with Crippen molar-refractivity contribution in [2.24, 2.45) is 23.7 Å². The highest BCUT2D eigenvalue weighted by Crippen LogP contribution is 2.73. The minimum atomic E-state index is 0.463. The maximum Gasteiger partial charge on any atom is 0.230 e. The lowest BCUT2D eigenvalue weighted by atomic mass is 9.96. The Morgan fingerprint density at radius 1 is 1.10 bits per heavy atom. The van der Waals surface area contributed by atoms with Crippen LogP contribution in [0.1, 0.15) is 30.9 Å². The summed E-state index contributed by atoms with van der Waals surface area (Å²) in [5, 5.41) is 4.34. The Morgan fingerprint density at radius 2 is 1.76 bits per heavy atom. The van der Waals surface area contributed by atoms with Crippen LogP contribution in [-0.2, 0) is 0 Å². The number of aromatic nitrogens is 1. The van der Waals surface area contributed by atoms with Gasteiger partial charge in [0.2, 0.25) is 5.88 Å². The van der Waals surface area contributed by atoms with E-state index in [0.29, 0.717) is 11.8 Å². The van der Waals surface area contributed by atoms with Gasteiger partial charge in [-0.1, -0.05) is 33.2 Å². The van der Waals surface area contributed by atoms with Crippen LogP contribution in [0.5, 0.6) is 0 Å². The zero-order valence-corrected chi connectivity index (χ0v) is 13.2. The summed E-state index contributed by atoms with van der Waals surface area (Å²) in [5.74, 6) is 4.62. The number of rotatable bonds is 2. The third-order valence-corrected chi connectivity index (χ3v) is 6.46. The fraction of sp³-hybridized carbons (Fsp3) is 0.471. The molecule has 3 nitrogen and oxygen atoms in total. The third-order valence-electron chi connectivity index (χ3n) is 5.93. The first-order valence-electron chi connectivity index (χ1n) is 7.75. The van der Waals surface area contributed by atoms with Crippen LogP contribution in [0.15, 0.2) is 33.3 Å². The van der Waals surface area contributed by atoms with E-state index in [4.69, 9.17) is 10.3 Å². The zero-order chi connectivity index (χ0) is 14.1. The predicted octanol–water partition coefficient (Wildman–Crippen LogP) is 4.45. The number of nitrogens with zero attached hydrogens (tertiary/aromatic N) is 1. The van der Waals surface area contributed by atoms with E-state index in [9.17, 15) is 0 Å². The van der Waals surface area contributed by atoms with E-state index in [1.165, 1.54) is 19.3 Å². The van der Waals surface area contributed by atoms with Gasteiger partial charge in [0.1, 0.15) is 0 Å². The van der Waals surface area contributed by atoms with Gasteiger partial charge in [-0.2, -0.15) is 0 Å². The molecule has 5 rings (SSSR count). The van der Waals surface area contributed by atoms with Crippen LogP contribution in [-0.4, -0.2) is 5.16 Å². The maximum absolute atomic E-state index is 6.07. The number of hydrogen-bond donors (Lipinski definition) is 1. The average molecular weight is 345 g/mol. The Balaban J connectivity index is 1.56. The summed E-state index contributed by atoms with van der Waals surface area (Å²) in [6.07, 6.45) is 4.29. The van der Waals surface area contributed by atoms with Crippen LogP contribution in [0.2, 0.25) is 0 Å². The molecular weight excluding hydrogens is 328 g/mol. The lowest BCUT2D eigenvalue weighted by Crippen LogP contribution is -1.99. The highest BCUT2D eigenvalue weighted by molar-refractivity contribution is 9.10. The Labute approximate surface area is 132 Å². The van der Waals surface area contributed by atoms with Gasteiger partial charge >= 0.3 is 0 Å². The molecule has 0 radical (unpaired) electrons. The molecule has 4 atom stereocenters. The van der Waals surface area contributed by atoms with Crippen molar-refractivity contribution < 1.29 is 4.52 Å². The highest BCUT2D eigenvalue weighted by Gasteiger charge is 2.66. The molecule has 2 N–H and O–H groups in total. The van der Waals surface area contributed by atoms with E-state index in [1.54, 1.807) is 0 Å². The second-order valence-electron chi connectivity index (χ2n) is 6.83. The first-order chi connectivity index (χ1) is 10.2. The van der Waals surface area contributed by atoms with Crippen LogP contribution >= 0.6 is 15.9 Å².